The highest BCUT2D eigenvalue weighted by atomic mass is 16.5. The van der Waals surface area contributed by atoms with Crippen LogP contribution >= 0.6 is 0 Å². The van der Waals surface area contributed by atoms with Gasteiger partial charge in [-0.25, -0.2) is 4.79 Å². The molecule has 1 aromatic carbocycles. The molecule has 3 nitrogen and oxygen atoms in total. The fourth-order valence-corrected chi connectivity index (χ4v) is 2.56. The van der Waals surface area contributed by atoms with Gasteiger partial charge < -0.3 is 9.84 Å². The molecule has 0 heterocycles. The smallest absolute Gasteiger partial charge is 0.335 e. The van der Waals surface area contributed by atoms with Gasteiger partial charge in [-0.3, -0.25) is 0 Å². The van der Waals surface area contributed by atoms with Crippen molar-refractivity contribution < 1.29 is 14.6 Å². The van der Waals surface area contributed by atoms with Crippen molar-refractivity contribution in [3.8, 4) is 0 Å². The predicted molar refractivity (Wildman–Crippen MR) is 85.8 cm³/mol. The summed E-state index contributed by atoms with van der Waals surface area (Å²) in [7, 11) is 1.71. The minimum Gasteiger partial charge on any atom is -0.478 e. The van der Waals surface area contributed by atoms with Gasteiger partial charge in [-0.15, -0.1) is 0 Å². The van der Waals surface area contributed by atoms with Crippen LogP contribution in [0.25, 0.3) is 0 Å². The zero-order valence-corrected chi connectivity index (χ0v) is 13.5. The average molecular weight is 292 g/mol. The van der Waals surface area contributed by atoms with Crippen molar-refractivity contribution in [1.82, 2.24) is 0 Å². The van der Waals surface area contributed by atoms with Crippen molar-refractivity contribution in [1.29, 1.82) is 0 Å². The Bertz CT molecular complexity index is 426. The lowest BCUT2D eigenvalue weighted by Gasteiger charge is -2.16. The molecule has 21 heavy (non-hydrogen) atoms. The van der Waals surface area contributed by atoms with Gasteiger partial charge in [-0.2, -0.15) is 0 Å². The molecular formula is C18H28O3. The molecule has 0 radical (unpaired) electrons. The van der Waals surface area contributed by atoms with Crippen molar-refractivity contribution in [3.05, 3.63) is 35.4 Å². The number of methoxy groups -OCH3 is 1. The molecule has 0 saturated heterocycles. The van der Waals surface area contributed by atoms with Crippen LogP contribution in [-0.4, -0.2) is 24.3 Å². The van der Waals surface area contributed by atoms with Crippen LogP contribution in [0.15, 0.2) is 24.3 Å². The maximum Gasteiger partial charge on any atom is 0.335 e. The Kier molecular flexibility index (Phi) is 8.06. The molecule has 0 aromatic heterocycles. The van der Waals surface area contributed by atoms with Crippen LogP contribution < -0.4 is 0 Å². The van der Waals surface area contributed by atoms with Gasteiger partial charge in [-0.05, 0) is 30.4 Å². The predicted octanol–water partition coefficient (Wildman–Crippen LogP) is 4.55. The van der Waals surface area contributed by atoms with E-state index in [-0.39, 0.29) is 6.10 Å². The normalized spacial score (nSPS) is 12.6. The fraction of sp³-hybridized carbons (Fsp3) is 0.611. The molecule has 0 spiro atoms. The number of rotatable bonds is 10. The summed E-state index contributed by atoms with van der Waals surface area (Å²) < 4.78 is 5.52. The summed E-state index contributed by atoms with van der Waals surface area (Å²) in [6.07, 6.45) is 6.66. The summed E-state index contributed by atoms with van der Waals surface area (Å²) in [5.74, 6) is -0.0944. The van der Waals surface area contributed by atoms with E-state index in [1.54, 1.807) is 19.2 Å². The van der Waals surface area contributed by atoms with Crippen LogP contribution in [0.3, 0.4) is 0 Å². The molecule has 1 N–H and O–H groups in total. The topological polar surface area (TPSA) is 46.5 Å². The molecule has 118 valence electrons. The lowest BCUT2D eigenvalue weighted by Crippen LogP contribution is -2.16. The Labute approximate surface area is 128 Å². The van der Waals surface area contributed by atoms with Gasteiger partial charge in [0.05, 0.1) is 11.7 Å². The molecule has 1 atom stereocenters. The molecule has 0 aliphatic heterocycles. The summed E-state index contributed by atoms with van der Waals surface area (Å²) in [4.78, 5) is 11.2. The first-order valence-corrected chi connectivity index (χ1v) is 7.88. The number of benzene rings is 1. The molecule has 1 rings (SSSR count). The van der Waals surface area contributed by atoms with Crippen LogP contribution in [0.4, 0.5) is 0 Å². The van der Waals surface area contributed by atoms with E-state index in [0.717, 1.165) is 24.3 Å². The SMILES string of the molecule is COC(CCCCCC(C)C)Cc1ccccc1C(=O)O. The maximum atomic E-state index is 11.2. The molecule has 0 aliphatic carbocycles. The highest BCUT2D eigenvalue weighted by Crippen LogP contribution is 2.17. The Balaban J connectivity index is 2.45. The summed E-state index contributed by atoms with van der Waals surface area (Å²) in [5, 5.41) is 9.21. The van der Waals surface area contributed by atoms with Crippen molar-refractivity contribution in [2.75, 3.05) is 7.11 Å². The largest absolute Gasteiger partial charge is 0.478 e. The second kappa shape index (κ2) is 9.56. The van der Waals surface area contributed by atoms with Crippen molar-refractivity contribution >= 4 is 5.97 Å². The van der Waals surface area contributed by atoms with Crippen LogP contribution in [0.2, 0.25) is 0 Å². The number of carbonyl (C=O) groups is 1. The molecule has 1 aromatic rings. The quantitative estimate of drug-likeness (QED) is 0.644. The third-order valence-electron chi connectivity index (χ3n) is 3.84. The molecule has 0 amide bonds. The van der Waals surface area contributed by atoms with E-state index in [1.807, 2.05) is 12.1 Å². The van der Waals surface area contributed by atoms with Crippen LogP contribution in [-0.2, 0) is 11.2 Å². The molecular weight excluding hydrogens is 264 g/mol. The van der Waals surface area contributed by atoms with Crippen LogP contribution in [0.1, 0.15) is 61.9 Å². The molecule has 0 fully saturated rings. The molecule has 0 bridgehead atoms. The lowest BCUT2D eigenvalue weighted by atomic mass is 9.97. The summed E-state index contributed by atoms with van der Waals surface area (Å²) in [6, 6.07) is 7.19. The minimum atomic E-state index is -0.864. The van der Waals surface area contributed by atoms with Gasteiger partial charge >= 0.3 is 5.97 Å². The van der Waals surface area contributed by atoms with E-state index in [1.165, 1.54) is 19.3 Å². The van der Waals surface area contributed by atoms with Gasteiger partial charge in [0.15, 0.2) is 0 Å². The van der Waals surface area contributed by atoms with Gasteiger partial charge in [0.1, 0.15) is 0 Å². The van der Waals surface area contributed by atoms with E-state index >= 15 is 0 Å². The van der Waals surface area contributed by atoms with E-state index in [2.05, 4.69) is 13.8 Å². The monoisotopic (exact) mass is 292 g/mol. The Morgan fingerprint density at radius 2 is 1.81 bits per heavy atom. The van der Waals surface area contributed by atoms with Crippen molar-refractivity contribution in [2.45, 2.75) is 58.5 Å². The molecule has 0 saturated carbocycles. The lowest BCUT2D eigenvalue weighted by molar-refractivity contribution is 0.0691. The maximum absolute atomic E-state index is 11.2. The molecule has 3 heteroatoms. The van der Waals surface area contributed by atoms with E-state index < -0.39 is 5.97 Å². The van der Waals surface area contributed by atoms with Gasteiger partial charge in [0.25, 0.3) is 0 Å². The van der Waals surface area contributed by atoms with Crippen LogP contribution in [0, 0.1) is 5.92 Å². The number of carboxylic acid groups (broad SMARTS) is 1. The summed E-state index contributed by atoms with van der Waals surface area (Å²) in [6.45, 7) is 4.50. The number of unbranched alkanes of at least 4 members (excludes halogenated alkanes) is 2. The number of carboxylic acids is 1. The Hall–Kier alpha value is -1.35. The number of ether oxygens (including phenoxy) is 1. The third-order valence-corrected chi connectivity index (χ3v) is 3.84. The zero-order chi connectivity index (χ0) is 15.7. The molecule has 0 aliphatic rings. The van der Waals surface area contributed by atoms with Gasteiger partial charge in [-0.1, -0.05) is 57.7 Å². The van der Waals surface area contributed by atoms with Crippen molar-refractivity contribution in [3.63, 3.8) is 0 Å². The van der Waals surface area contributed by atoms with E-state index in [0.29, 0.717) is 12.0 Å². The van der Waals surface area contributed by atoms with E-state index in [4.69, 9.17) is 4.74 Å². The molecule has 1 unspecified atom stereocenters. The number of hydrogen-bond donors (Lipinski definition) is 1. The summed E-state index contributed by atoms with van der Waals surface area (Å²) >= 11 is 0. The second-order valence-corrected chi connectivity index (χ2v) is 6.06. The summed E-state index contributed by atoms with van der Waals surface area (Å²) in [5.41, 5.74) is 1.25. The van der Waals surface area contributed by atoms with Gasteiger partial charge in [0.2, 0.25) is 0 Å². The number of aromatic carboxylic acids is 1. The first-order valence-electron chi connectivity index (χ1n) is 7.88. The average Bonchev–Trinajstić information content (AvgIpc) is 2.45. The minimum absolute atomic E-state index is 0.101. The Morgan fingerprint density at radius 1 is 1.14 bits per heavy atom. The fourth-order valence-electron chi connectivity index (χ4n) is 2.56. The van der Waals surface area contributed by atoms with Crippen LogP contribution in [0.5, 0.6) is 0 Å². The first-order chi connectivity index (χ1) is 10.0. The third kappa shape index (κ3) is 6.76. The first kappa shape index (κ1) is 17.7. The van der Waals surface area contributed by atoms with Crippen molar-refractivity contribution in [2.24, 2.45) is 5.92 Å². The standard InChI is InChI=1S/C18H28O3/c1-14(2)9-5-4-6-11-16(21-3)13-15-10-7-8-12-17(15)18(19)20/h7-8,10,12,14,16H,4-6,9,11,13H2,1-3H3,(H,19,20). The highest BCUT2D eigenvalue weighted by molar-refractivity contribution is 5.89. The Morgan fingerprint density at radius 3 is 2.43 bits per heavy atom. The number of hydrogen-bond acceptors (Lipinski definition) is 2. The second-order valence-electron chi connectivity index (χ2n) is 6.06. The highest BCUT2D eigenvalue weighted by Gasteiger charge is 2.14. The zero-order valence-electron chi connectivity index (χ0n) is 13.5. The van der Waals surface area contributed by atoms with E-state index in [9.17, 15) is 9.90 Å². The van der Waals surface area contributed by atoms with Gasteiger partial charge in [0, 0.05) is 7.11 Å².